The van der Waals surface area contributed by atoms with Gasteiger partial charge in [-0.15, -0.1) is 0 Å². The molecule has 0 aromatic heterocycles. The fraction of sp³-hybridized carbons (Fsp3) is 0.944. The van der Waals surface area contributed by atoms with Gasteiger partial charge in [0.1, 0.15) is 0 Å². The van der Waals surface area contributed by atoms with E-state index in [1.807, 2.05) is 0 Å². The van der Waals surface area contributed by atoms with Crippen molar-refractivity contribution < 1.29 is 9.90 Å². The molecule has 0 bridgehead atoms. The molecule has 3 nitrogen and oxygen atoms in total. The van der Waals surface area contributed by atoms with Gasteiger partial charge >= 0.3 is 5.97 Å². The van der Waals surface area contributed by atoms with Gasteiger partial charge in [0.15, 0.2) is 0 Å². The number of carboxylic acids is 1. The standard InChI is InChI=1S/C18H37NO2/c1-2-14-17(19)15-12-10-8-6-4-3-5-7-9-11-13-16-18(20)21/h17H,2-16,19H2,1H3,(H,20,21). The smallest absolute Gasteiger partial charge is 0.303 e. The highest BCUT2D eigenvalue weighted by Gasteiger charge is 2.00. The Morgan fingerprint density at radius 3 is 1.67 bits per heavy atom. The molecule has 0 radical (unpaired) electrons. The number of hydrogen-bond acceptors (Lipinski definition) is 2. The summed E-state index contributed by atoms with van der Waals surface area (Å²) in [5.41, 5.74) is 6.00. The van der Waals surface area contributed by atoms with Gasteiger partial charge in [-0.1, -0.05) is 77.6 Å². The molecule has 0 aliphatic carbocycles. The van der Waals surface area contributed by atoms with Crippen molar-refractivity contribution in [3.8, 4) is 0 Å². The molecule has 0 saturated heterocycles. The van der Waals surface area contributed by atoms with E-state index in [4.69, 9.17) is 10.8 Å². The zero-order chi connectivity index (χ0) is 15.8. The van der Waals surface area contributed by atoms with Crippen molar-refractivity contribution in [2.75, 3.05) is 0 Å². The number of rotatable bonds is 16. The number of carboxylic acid groups (broad SMARTS) is 1. The molecule has 0 heterocycles. The zero-order valence-electron chi connectivity index (χ0n) is 14.1. The average Bonchev–Trinajstić information content (AvgIpc) is 2.44. The molecule has 0 spiro atoms. The summed E-state index contributed by atoms with van der Waals surface area (Å²) in [7, 11) is 0. The molecule has 126 valence electrons. The average molecular weight is 299 g/mol. The van der Waals surface area contributed by atoms with Crippen LogP contribution in [0.25, 0.3) is 0 Å². The third-order valence-corrected chi connectivity index (χ3v) is 4.13. The van der Waals surface area contributed by atoms with Gasteiger partial charge in [-0.05, 0) is 19.3 Å². The molecule has 0 aromatic rings. The topological polar surface area (TPSA) is 63.3 Å². The van der Waals surface area contributed by atoms with Crippen LogP contribution in [0.1, 0.15) is 103 Å². The van der Waals surface area contributed by atoms with Crippen LogP contribution in [-0.4, -0.2) is 17.1 Å². The summed E-state index contributed by atoms with van der Waals surface area (Å²) in [4.78, 5) is 10.3. The molecule has 0 rings (SSSR count). The molecule has 3 N–H and O–H groups in total. The summed E-state index contributed by atoms with van der Waals surface area (Å²) in [6.07, 6.45) is 17.7. The quantitative estimate of drug-likeness (QED) is 0.382. The van der Waals surface area contributed by atoms with Gasteiger partial charge in [0.25, 0.3) is 0 Å². The summed E-state index contributed by atoms with van der Waals surface area (Å²) in [5, 5.41) is 8.52. The van der Waals surface area contributed by atoms with Crippen LogP contribution < -0.4 is 5.73 Å². The second kappa shape index (κ2) is 15.8. The zero-order valence-corrected chi connectivity index (χ0v) is 14.1. The molecule has 0 saturated carbocycles. The summed E-state index contributed by atoms with van der Waals surface area (Å²) >= 11 is 0. The van der Waals surface area contributed by atoms with Crippen molar-refractivity contribution in [3.05, 3.63) is 0 Å². The third-order valence-electron chi connectivity index (χ3n) is 4.13. The number of aliphatic carboxylic acids is 1. The summed E-state index contributed by atoms with van der Waals surface area (Å²) in [5.74, 6) is -0.661. The Bertz CT molecular complexity index is 231. The minimum Gasteiger partial charge on any atom is -0.481 e. The SMILES string of the molecule is CCCC(N)CCCCCCCCCCCCCC(=O)O. The lowest BCUT2D eigenvalue weighted by atomic mass is 10.0. The lowest BCUT2D eigenvalue weighted by Crippen LogP contribution is -2.18. The van der Waals surface area contributed by atoms with Crippen LogP contribution in [-0.2, 0) is 4.79 Å². The Balaban J connectivity index is 3.04. The fourth-order valence-corrected chi connectivity index (χ4v) is 2.79. The Labute approximate surface area is 131 Å². The molecule has 3 heteroatoms. The highest BCUT2D eigenvalue weighted by molar-refractivity contribution is 5.66. The van der Waals surface area contributed by atoms with Crippen molar-refractivity contribution in [1.82, 2.24) is 0 Å². The second-order valence-corrected chi connectivity index (χ2v) is 6.37. The van der Waals surface area contributed by atoms with E-state index in [9.17, 15) is 4.79 Å². The second-order valence-electron chi connectivity index (χ2n) is 6.37. The maximum Gasteiger partial charge on any atom is 0.303 e. The summed E-state index contributed by atoms with van der Waals surface area (Å²) < 4.78 is 0. The molecular weight excluding hydrogens is 262 g/mol. The van der Waals surface area contributed by atoms with Gasteiger partial charge in [0.2, 0.25) is 0 Å². The van der Waals surface area contributed by atoms with Crippen molar-refractivity contribution >= 4 is 5.97 Å². The van der Waals surface area contributed by atoms with E-state index in [2.05, 4.69) is 6.92 Å². The van der Waals surface area contributed by atoms with Crippen LogP contribution in [0, 0.1) is 0 Å². The number of unbranched alkanes of at least 4 members (excludes halogenated alkanes) is 10. The van der Waals surface area contributed by atoms with Crippen molar-refractivity contribution in [3.63, 3.8) is 0 Å². The first kappa shape index (κ1) is 20.4. The first-order valence-electron chi connectivity index (χ1n) is 9.14. The summed E-state index contributed by atoms with van der Waals surface area (Å²) in [6, 6.07) is 0.427. The van der Waals surface area contributed by atoms with E-state index in [1.165, 1.54) is 77.0 Å². The predicted molar refractivity (Wildman–Crippen MR) is 90.5 cm³/mol. The lowest BCUT2D eigenvalue weighted by molar-refractivity contribution is -0.137. The Morgan fingerprint density at radius 2 is 1.24 bits per heavy atom. The molecule has 0 amide bonds. The van der Waals surface area contributed by atoms with Crippen LogP contribution in [0.3, 0.4) is 0 Å². The highest BCUT2D eigenvalue weighted by atomic mass is 16.4. The van der Waals surface area contributed by atoms with E-state index >= 15 is 0 Å². The molecule has 0 aliphatic heterocycles. The minimum absolute atomic E-state index is 0.335. The van der Waals surface area contributed by atoms with Gasteiger partial charge in [0, 0.05) is 12.5 Å². The van der Waals surface area contributed by atoms with Crippen LogP contribution in [0.4, 0.5) is 0 Å². The normalized spacial score (nSPS) is 12.5. The third kappa shape index (κ3) is 17.4. The summed E-state index contributed by atoms with van der Waals surface area (Å²) in [6.45, 7) is 2.20. The molecule has 1 atom stereocenters. The highest BCUT2D eigenvalue weighted by Crippen LogP contribution is 2.13. The van der Waals surface area contributed by atoms with Gasteiger partial charge in [0.05, 0.1) is 0 Å². The largest absolute Gasteiger partial charge is 0.481 e. The lowest BCUT2D eigenvalue weighted by Gasteiger charge is -2.09. The van der Waals surface area contributed by atoms with E-state index in [-0.39, 0.29) is 0 Å². The Hall–Kier alpha value is -0.570. The van der Waals surface area contributed by atoms with Gasteiger partial charge < -0.3 is 10.8 Å². The van der Waals surface area contributed by atoms with Gasteiger partial charge in [-0.2, -0.15) is 0 Å². The van der Waals surface area contributed by atoms with Crippen molar-refractivity contribution in [2.24, 2.45) is 5.73 Å². The monoisotopic (exact) mass is 299 g/mol. The van der Waals surface area contributed by atoms with E-state index in [0.29, 0.717) is 12.5 Å². The molecular formula is C18H37NO2. The van der Waals surface area contributed by atoms with Gasteiger partial charge in [-0.3, -0.25) is 4.79 Å². The first-order valence-corrected chi connectivity index (χ1v) is 9.14. The fourth-order valence-electron chi connectivity index (χ4n) is 2.79. The number of carbonyl (C=O) groups is 1. The molecule has 0 aliphatic rings. The Kier molecular flexibility index (Phi) is 15.4. The van der Waals surface area contributed by atoms with Crippen LogP contribution in [0.15, 0.2) is 0 Å². The maximum atomic E-state index is 10.3. The molecule has 21 heavy (non-hydrogen) atoms. The maximum absolute atomic E-state index is 10.3. The number of nitrogens with two attached hydrogens (primary N) is 1. The molecule has 0 fully saturated rings. The Morgan fingerprint density at radius 1 is 0.810 bits per heavy atom. The van der Waals surface area contributed by atoms with E-state index in [0.717, 1.165) is 12.8 Å². The van der Waals surface area contributed by atoms with Crippen LogP contribution >= 0.6 is 0 Å². The van der Waals surface area contributed by atoms with Crippen LogP contribution in [0.5, 0.6) is 0 Å². The predicted octanol–water partition coefficient (Wildman–Crippen LogP) is 5.27. The van der Waals surface area contributed by atoms with Crippen LogP contribution in [0.2, 0.25) is 0 Å². The molecule has 0 aromatic carbocycles. The van der Waals surface area contributed by atoms with Gasteiger partial charge in [-0.25, -0.2) is 0 Å². The first-order chi connectivity index (χ1) is 10.2. The number of hydrogen-bond donors (Lipinski definition) is 2. The van der Waals surface area contributed by atoms with Crippen molar-refractivity contribution in [2.45, 2.75) is 109 Å². The molecule has 1 unspecified atom stereocenters. The van der Waals surface area contributed by atoms with Crippen molar-refractivity contribution in [1.29, 1.82) is 0 Å². The minimum atomic E-state index is -0.661. The van der Waals surface area contributed by atoms with E-state index < -0.39 is 5.97 Å². The van der Waals surface area contributed by atoms with E-state index in [1.54, 1.807) is 0 Å².